The molecule has 0 bridgehead atoms. The summed E-state index contributed by atoms with van der Waals surface area (Å²) in [7, 11) is 0. The molecule has 1 aliphatic heterocycles. The number of hydrogen-bond acceptors (Lipinski definition) is 4. The van der Waals surface area contributed by atoms with Crippen LogP contribution in [0.3, 0.4) is 0 Å². The second-order valence-corrected chi connectivity index (χ2v) is 7.36. The van der Waals surface area contributed by atoms with Gasteiger partial charge in [0, 0.05) is 50.0 Å². The van der Waals surface area contributed by atoms with E-state index in [2.05, 4.69) is 47.7 Å². The first-order chi connectivity index (χ1) is 12.0. The lowest BCUT2D eigenvalue weighted by Crippen LogP contribution is -2.44. The van der Waals surface area contributed by atoms with Gasteiger partial charge < -0.3 is 20.9 Å². The first kappa shape index (κ1) is 19.7. The van der Waals surface area contributed by atoms with Crippen molar-refractivity contribution < 1.29 is 4.79 Å². The molecule has 1 atom stereocenters. The van der Waals surface area contributed by atoms with Crippen molar-refractivity contribution in [2.24, 2.45) is 5.92 Å². The first-order valence-corrected chi connectivity index (χ1v) is 9.56. The number of piperazine rings is 1. The van der Waals surface area contributed by atoms with Crippen LogP contribution in [0.5, 0.6) is 0 Å². The van der Waals surface area contributed by atoms with Crippen LogP contribution in [0, 0.1) is 12.8 Å². The van der Waals surface area contributed by atoms with Gasteiger partial charge in [0.05, 0.1) is 0 Å². The largest absolute Gasteiger partial charge is 0.382 e. The molecular formula is C20H34N4O. The van der Waals surface area contributed by atoms with Crippen LogP contribution in [0.15, 0.2) is 18.2 Å². The Morgan fingerprint density at radius 1 is 1.24 bits per heavy atom. The molecule has 1 fully saturated rings. The molecule has 5 heteroatoms. The third kappa shape index (κ3) is 6.01. The van der Waals surface area contributed by atoms with Gasteiger partial charge in [0.1, 0.15) is 0 Å². The zero-order valence-electron chi connectivity index (χ0n) is 16.2. The Morgan fingerprint density at radius 2 is 1.96 bits per heavy atom. The van der Waals surface area contributed by atoms with E-state index >= 15 is 0 Å². The number of nitrogens with zero attached hydrogens (tertiary/aromatic N) is 1. The van der Waals surface area contributed by atoms with Crippen LogP contribution in [0.25, 0.3) is 0 Å². The van der Waals surface area contributed by atoms with Crippen molar-refractivity contribution in [1.82, 2.24) is 15.5 Å². The van der Waals surface area contributed by atoms with Gasteiger partial charge in [-0.15, -0.1) is 0 Å². The topological polar surface area (TPSA) is 56.4 Å². The summed E-state index contributed by atoms with van der Waals surface area (Å²) in [6, 6.07) is 6.29. The number of hydrogen-bond donors (Lipinski definition) is 3. The average molecular weight is 347 g/mol. The molecule has 1 aliphatic rings. The highest BCUT2D eigenvalue weighted by atomic mass is 16.1. The number of carbonyl (C=O) groups is 1. The number of benzene rings is 1. The number of amides is 1. The van der Waals surface area contributed by atoms with Gasteiger partial charge in [-0.1, -0.05) is 19.9 Å². The second kappa shape index (κ2) is 9.78. The van der Waals surface area contributed by atoms with Gasteiger partial charge in [-0.05, 0) is 50.4 Å². The van der Waals surface area contributed by atoms with Crippen molar-refractivity contribution in [2.45, 2.75) is 40.2 Å². The monoisotopic (exact) mass is 346 g/mol. The van der Waals surface area contributed by atoms with E-state index in [4.69, 9.17) is 0 Å². The highest BCUT2D eigenvalue weighted by molar-refractivity contribution is 5.97. The summed E-state index contributed by atoms with van der Waals surface area (Å²) in [6.07, 6.45) is 0.993. The molecule has 1 saturated heterocycles. The maximum absolute atomic E-state index is 12.5. The fraction of sp³-hybridized carbons (Fsp3) is 0.650. The van der Waals surface area contributed by atoms with E-state index in [9.17, 15) is 4.79 Å². The summed E-state index contributed by atoms with van der Waals surface area (Å²) in [4.78, 5) is 15.0. The van der Waals surface area contributed by atoms with E-state index in [0.717, 1.165) is 62.5 Å². The highest BCUT2D eigenvalue weighted by Crippen LogP contribution is 2.21. The molecule has 0 radical (unpaired) electrons. The van der Waals surface area contributed by atoms with Gasteiger partial charge in [0.15, 0.2) is 0 Å². The molecule has 0 spiro atoms. The number of nitrogens with one attached hydrogen (secondary N) is 3. The minimum absolute atomic E-state index is 0.0265. The predicted octanol–water partition coefficient (Wildman–Crippen LogP) is 2.48. The predicted molar refractivity (Wildman–Crippen MR) is 105 cm³/mol. The fourth-order valence-electron chi connectivity index (χ4n) is 2.98. The molecule has 1 unspecified atom stereocenters. The maximum Gasteiger partial charge on any atom is 0.251 e. The maximum atomic E-state index is 12.5. The van der Waals surface area contributed by atoms with Gasteiger partial charge in [-0.2, -0.15) is 0 Å². The standard InChI is InChI=1S/C20H34N4O/c1-15(2)17(4)23-19-8-5-7-18(16(19)3)20(25)22-9-6-12-24-13-10-21-11-14-24/h5,7-8,15,17,21,23H,6,9-14H2,1-4H3,(H,22,25). The molecule has 3 N–H and O–H groups in total. The molecule has 1 aromatic carbocycles. The third-order valence-corrected chi connectivity index (χ3v) is 5.11. The minimum Gasteiger partial charge on any atom is -0.382 e. The Balaban J connectivity index is 1.84. The quantitative estimate of drug-likeness (QED) is 0.633. The van der Waals surface area contributed by atoms with Crippen molar-refractivity contribution in [3.05, 3.63) is 29.3 Å². The van der Waals surface area contributed by atoms with Gasteiger partial charge in [-0.25, -0.2) is 0 Å². The summed E-state index contributed by atoms with van der Waals surface area (Å²) >= 11 is 0. The molecule has 1 heterocycles. The van der Waals surface area contributed by atoms with Crippen LogP contribution in [0.2, 0.25) is 0 Å². The van der Waals surface area contributed by atoms with Gasteiger partial charge in [-0.3, -0.25) is 4.79 Å². The van der Waals surface area contributed by atoms with Gasteiger partial charge in [0.2, 0.25) is 0 Å². The van der Waals surface area contributed by atoms with Crippen LogP contribution < -0.4 is 16.0 Å². The normalized spacial score (nSPS) is 16.7. The summed E-state index contributed by atoms with van der Waals surface area (Å²) < 4.78 is 0. The number of carbonyl (C=O) groups excluding carboxylic acids is 1. The average Bonchev–Trinajstić information content (AvgIpc) is 2.61. The van der Waals surface area contributed by atoms with Gasteiger partial charge in [0.25, 0.3) is 5.91 Å². The Morgan fingerprint density at radius 3 is 2.64 bits per heavy atom. The molecule has 140 valence electrons. The molecule has 5 nitrogen and oxygen atoms in total. The summed E-state index contributed by atoms with van der Waals surface area (Å²) in [5.41, 5.74) is 2.84. The van der Waals surface area contributed by atoms with E-state index in [1.807, 2.05) is 19.1 Å². The smallest absolute Gasteiger partial charge is 0.251 e. The van der Waals surface area contributed by atoms with E-state index in [1.165, 1.54) is 0 Å². The van der Waals surface area contributed by atoms with Crippen LogP contribution in [-0.2, 0) is 0 Å². The third-order valence-electron chi connectivity index (χ3n) is 5.11. The van der Waals surface area contributed by atoms with Crippen LogP contribution in [0.4, 0.5) is 5.69 Å². The Kier molecular flexibility index (Phi) is 7.72. The Bertz CT molecular complexity index is 553. The zero-order valence-corrected chi connectivity index (χ0v) is 16.2. The van der Waals surface area contributed by atoms with Gasteiger partial charge >= 0.3 is 0 Å². The van der Waals surface area contributed by atoms with E-state index in [1.54, 1.807) is 0 Å². The molecule has 0 saturated carbocycles. The van der Waals surface area contributed by atoms with Crippen molar-refractivity contribution in [3.8, 4) is 0 Å². The van der Waals surface area contributed by atoms with Crippen LogP contribution >= 0.6 is 0 Å². The molecule has 0 aromatic heterocycles. The lowest BCUT2D eigenvalue weighted by atomic mass is 10.0. The second-order valence-electron chi connectivity index (χ2n) is 7.36. The number of anilines is 1. The number of rotatable bonds is 8. The van der Waals surface area contributed by atoms with Crippen LogP contribution in [-0.4, -0.2) is 56.1 Å². The van der Waals surface area contributed by atoms with Crippen molar-refractivity contribution >= 4 is 11.6 Å². The van der Waals surface area contributed by atoms with Crippen LogP contribution in [0.1, 0.15) is 43.1 Å². The summed E-state index contributed by atoms with van der Waals surface area (Å²) in [5, 5.41) is 9.96. The molecule has 1 aromatic rings. The van der Waals surface area contributed by atoms with E-state index in [0.29, 0.717) is 12.0 Å². The van der Waals surface area contributed by atoms with Crippen molar-refractivity contribution in [3.63, 3.8) is 0 Å². The highest BCUT2D eigenvalue weighted by Gasteiger charge is 2.14. The Hall–Kier alpha value is -1.59. The van der Waals surface area contributed by atoms with E-state index in [-0.39, 0.29) is 5.91 Å². The zero-order chi connectivity index (χ0) is 18.2. The lowest BCUT2D eigenvalue weighted by Gasteiger charge is -2.27. The lowest BCUT2D eigenvalue weighted by molar-refractivity contribution is 0.0950. The molecule has 0 aliphatic carbocycles. The molecular weight excluding hydrogens is 312 g/mol. The molecule has 2 rings (SSSR count). The molecule has 1 amide bonds. The summed E-state index contributed by atoms with van der Waals surface area (Å²) in [6.45, 7) is 14.7. The van der Waals surface area contributed by atoms with E-state index < -0.39 is 0 Å². The summed E-state index contributed by atoms with van der Waals surface area (Å²) in [5.74, 6) is 0.570. The van der Waals surface area contributed by atoms with Crippen molar-refractivity contribution in [2.75, 3.05) is 44.6 Å². The Labute approximate surface area is 152 Å². The van der Waals surface area contributed by atoms with Crippen molar-refractivity contribution in [1.29, 1.82) is 0 Å². The first-order valence-electron chi connectivity index (χ1n) is 9.56. The fourth-order valence-corrected chi connectivity index (χ4v) is 2.98. The SMILES string of the molecule is Cc1c(NC(C)C(C)C)cccc1C(=O)NCCCN1CCNCC1. The minimum atomic E-state index is 0.0265. The molecule has 25 heavy (non-hydrogen) atoms.